The fraction of sp³-hybridized carbons (Fsp3) is 0.400. The topological polar surface area (TPSA) is 106 Å². The van der Waals surface area contributed by atoms with Crippen LogP contribution in [0.2, 0.25) is 0 Å². The number of anilines is 1. The van der Waals surface area contributed by atoms with Gasteiger partial charge in [-0.05, 0) is 66.6 Å². The van der Waals surface area contributed by atoms with Gasteiger partial charge >= 0.3 is 0 Å². The average molecular weight is 530 g/mol. The third kappa shape index (κ3) is 5.13. The number of carbonyl (C=O) groups excluding carboxylic acids is 4. The normalized spacial score (nSPS) is 19.5. The molecule has 0 aliphatic carbocycles. The monoisotopic (exact) mass is 529 g/mol. The standard InChI is InChI=1S/C30H35N5O4/c1-18(2)15-24(32-28(37)20-7-9-22(10-8-20)33(3)4)30(39)34-14-12-25-27(34)26(36)17-35(25)29(38)21-6-5-19-11-13-31-23(19)16-21/h5-11,13,16,18,24-25,27,31H,12,14-15,17H2,1-4H3,(H,32,37)/t24-,25?,27?/m0/s1. The van der Waals surface area contributed by atoms with E-state index in [1.807, 2.05) is 63.3 Å². The number of Topliss-reactive ketones (excluding diaryl/α,β-unsaturated/α-hetero) is 1. The van der Waals surface area contributed by atoms with Crippen LogP contribution in [0, 0.1) is 5.92 Å². The molecular formula is C30H35N5O4. The maximum atomic E-state index is 13.8. The molecule has 2 unspecified atom stereocenters. The molecule has 0 bridgehead atoms. The van der Waals surface area contributed by atoms with E-state index in [0.717, 1.165) is 16.6 Å². The molecule has 3 amide bonds. The largest absolute Gasteiger partial charge is 0.378 e. The molecule has 1 aromatic heterocycles. The van der Waals surface area contributed by atoms with Gasteiger partial charge in [0.05, 0.1) is 12.6 Å². The van der Waals surface area contributed by atoms with Crippen LogP contribution in [0.4, 0.5) is 5.69 Å². The number of rotatable bonds is 7. The molecule has 2 N–H and O–H groups in total. The SMILES string of the molecule is CC(C)C[C@H](NC(=O)c1ccc(N(C)C)cc1)C(=O)N1CCC2C1C(=O)CN2C(=O)c1ccc2cc[nH]c2c1. The quantitative estimate of drug-likeness (QED) is 0.489. The van der Waals surface area contributed by atoms with Crippen LogP contribution in [-0.4, -0.2) is 83.6 Å². The van der Waals surface area contributed by atoms with Crippen molar-refractivity contribution in [2.45, 2.75) is 44.8 Å². The van der Waals surface area contributed by atoms with Crippen molar-refractivity contribution in [2.75, 3.05) is 32.1 Å². The maximum absolute atomic E-state index is 13.8. The first kappa shape index (κ1) is 26.5. The average Bonchev–Trinajstić information content (AvgIpc) is 3.63. The Hall–Kier alpha value is -4.14. The summed E-state index contributed by atoms with van der Waals surface area (Å²) in [5, 5.41) is 3.93. The van der Waals surface area contributed by atoms with Crippen LogP contribution in [0.3, 0.4) is 0 Å². The number of hydrogen-bond acceptors (Lipinski definition) is 5. The van der Waals surface area contributed by atoms with Gasteiger partial charge in [-0.1, -0.05) is 19.9 Å². The number of aromatic amines is 1. The smallest absolute Gasteiger partial charge is 0.254 e. The Morgan fingerprint density at radius 2 is 1.74 bits per heavy atom. The Bertz CT molecular complexity index is 1410. The third-order valence-corrected chi connectivity index (χ3v) is 7.72. The number of nitrogens with zero attached hydrogens (tertiary/aromatic N) is 3. The Labute approximate surface area is 228 Å². The number of nitrogens with one attached hydrogen (secondary N) is 2. The molecule has 0 spiro atoms. The number of amides is 3. The minimum absolute atomic E-state index is 0.0276. The molecule has 39 heavy (non-hydrogen) atoms. The number of ketones is 1. The molecule has 2 aromatic carbocycles. The number of carbonyl (C=O) groups is 4. The van der Waals surface area contributed by atoms with Gasteiger partial charge in [0.2, 0.25) is 5.91 Å². The highest BCUT2D eigenvalue weighted by molar-refractivity contribution is 6.04. The highest BCUT2D eigenvalue weighted by atomic mass is 16.2. The van der Waals surface area contributed by atoms with Crippen LogP contribution in [0.1, 0.15) is 47.4 Å². The fourth-order valence-corrected chi connectivity index (χ4v) is 5.73. The van der Waals surface area contributed by atoms with Crippen molar-refractivity contribution in [3.63, 3.8) is 0 Å². The fourth-order valence-electron chi connectivity index (χ4n) is 5.73. The van der Waals surface area contributed by atoms with Gasteiger partial charge in [-0.3, -0.25) is 19.2 Å². The Morgan fingerprint density at radius 3 is 2.44 bits per heavy atom. The first-order chi connectivity index (χ1) is 18.6. The van der Waals surface area contributed by atoms with Gasteiger partial charge in [0.25, 0.3) is 11.8 Å². The predicted octanol–water partition coefficient (Wildman–Crippen LogP) is 3.07. The zero-order valence-electron chi connectivity index (χ0n) is 22.8. The van der Waals surface area contributed by atoms with Crippen molar-refractivity contribution in [1.82, 2.24) is 20.1 Å². The lowest BCUT2D eigenvalue weighted by Gasteiger charge is -2.29. The molecule has 9 nitrogen and oxygen atoms in total. The van der Waals surface area contributed by atoms with E-state index in [2.05, 4.69) is 10.3 Å². The van der Waals surface area contributed by atoms with Crippen molar-refractivity contribution in [2.24, 2.45) is 5.92 Å². The lowest BCUT2D eigenvalue weighted by Crippen LogP contribution is -2.53. The lowest BCUT2D eigenvalue weighted by atomic mass is 10.0. The van der Waals surface area contributed by atoms with Crippen molar-refractivity contribution in [3.8, 4) is 0 Å². The summed E-state index contributed by atoms with van der Waals surface area (Å²) in [6.45, 7) is 4.32. The minimum atomic E-state index is -0.766. The number of likely N-dealkylation sites (tertiary alicyclic amines) is 2. The van der Waals surface area contributed by atoms with Crippen molar-refractivity contribution < 1.29 is 19.2 Å². The third-order valence-electron chi connectivity index (χ3n) is 7.72. The molecule has 2 fully saturated rings. The van der Waals surface area contributed by atoms with Crippen molar-refractivity contribution in [1.29, 1.82) is 0 Å². The molecule has 0 saturated carbocycles. The summed E-state index contributed by atoms with van der Waals surface area (Å²) < 4.78 is 0. The number of H-pyrrole nitrogens is 1. The van der Waals surface area contributed by atoms with Gasteiger partial charge in [-0.25, -0.2) is 0 Å². The van der Waals surface area contributed by atoms with Gasteiger partial charge in [0.15, 0.2) is 5.78 Å². The van der Waals surface area contributed by atoms with E-state index in [0.29, 0.717) is 30.5 Å². The Morgan fingerprint density at radius 1 is 1.03 bits per heavy atom. The molecule has 204 valence electrons. The van der Waals surface area contributed by atoms with E-state index >= 15 is 0 Å². The van der Waals surface area contributed by atoms with Crippen molar-refractivity contribution >= 4 is 40.1 Å². The summed E-state index contributed by atoms with van der Waals surface area (Å²) >= 11 is 0. The number of hydrogen-bond donors (Lipinski definition) is 2. The van der Waals surface area contributed by atoms with Gasteiger partial charge in [0.1, 0.15) is 12.1 Å². The summed E-state index contributed by atoms with van der Waals surface area (Å²) in [5.74, 6) is -0.813. The van der Waals surface area contributed by atoms with Crippen LogP contribution in [0.15, 0.2) is 54.7 Å². The van der Waals surface area contributed by atoms with E-state index in [1.165, 1.54) is 0 Å². The van der Waals surface area contributed by atoms with Gasteiger partial charge in [-0.15, -0.1) is 0 Å². The summed E-state index contributed by atoms with van der Waals surface area (Å²) in [4.78, 5) is 61.7. The predicted molar refractivity (Wildman–Crippen MR) is 150 cm³/mol. The zero-order valence-corrected chi connectivity index (χ0v) is 22.8. The van der Waals surface area contributed by atoms with Crippen LogP contribution in [0.25, 0.3) is 10.9 Å². The van der Waals surface area contributed by atoms with E-state index < -0.39 is 12.1 Å². The lowest BCUT2D eigenvalue weighted by molar-refractivity contribution is -0.138. The highest BCUT2D eigenvalue weighted by Crippen LogP contribution is 2.32. The van der Waals surface area contributed by atoms with Crippen LogP contribution in [-0.2, 0) is 9.59 Å². The molecule has 3 atom stereocenters. The molecule has 2 saturated heterocycles. The number of fused-ring (bicyclic) bond motifs is 2. The van der Waals surface area contributed by atoms with Crippen molar-refractivity contribution in [3.05, 3.63) is 65.9 Å². The second-order valence-corrected chi connectivity index (χ2v) is 11.1. The highest BCUT2D eigenvalue weighted by Gasteiger charge is 2.52. The van der Waals surface area contributed by atoms with E-state index in [1.54, 1.807) is 34.1 Å². The minimum Gasteiger partial charge on any atom is -0.378 e. The van der Waals surface area contributed by atoms with Gasteiger partial charge in [0, 0.05) is 49.2 Å². The number of benzene rings is 2. The molecule has 3 aromatic rings. The Balaban J connectivity index is 1.32. The number of aromatic nitrogens is 1. The molecule has 3 heterocycles. The Kier molecular flexibility index (Phi) is 7.16. The van der Waals surface area contributed by atoms with Crippen LogP contribution in [0.5, 0.6) is 0 Å². The summed E-state index contributed by atoms with van der Waals surface area (Å²) in [6, 6.07) is 12.7. The molecule has 2 aliphatic rings. The second-order valence-electron chi connectivity index (χ2n) is 11.1. The van der Waals surface area contributed by atoms with Gasteiger partial charge < -0.3 is 25.0 Å². The summed E-state index contributed by atoms with van der Waals surface area (Å²) in [6.07, 6.45) is 2.79. The first-order valence-corrected chi connectivity index (χ1v) is 13.4. The molecule has 5 rings (SSSR count). The molecule has 0 radical (unpaired) electrons. The van der Waals surface area contributed by atoms with E-state index in [9.17, 15) is 19.2 Å². The van der Waals surface area contributed by atoms with Gasteiger partial charge in [-0.2, -0.15) is 0 Å². The molecule has 9 heteroatoms. The van der Waals surface area contributed by atoms with Crippen LogP contribution < -0.4 is 10.2 Å². The zero-order chi connectivity index (χ0) is 27.8. The van der Waals surface area contributed by atoms with E-state index in [-0.39, 0.29) is 42.0 Å². The van der Waals surface area contributed by atoms with Crippen LogP contribution >= 0.6 is 0 Å². The maximum Gasteiger partial charge on any atom is 0.254 e. The summed E-state index contributed by atoms with van der Waals surface area (Å²) in [7, 11) is 3.85. The second kappa shape index (κ2) is 10.6. The summed E-state index contributed by atoms with van der Waals surface area (Å²) in [5.41, 5.74) is 2.80. The first-order valence-electron chi connectivity index (χ1n) is 13.4. The molecular weight excluding hydrogens is 494 g/mol. The van der Waals surface area contributed by atoms with E-state index in [4.69, 9.17) is 0 Å². The molecule has 2 aliphatic heterocycles.